The molecular formula is C10H14O6. The van der Waals surface area contributed by atoms with Gasteiger partial charge in [-0.2, -0.15) is 0 Å². The minimum Gasteiger partial charge on any atom is -0.478 e. The molecule has 0 amide bonds. The molecule has 1 fully saturated rings. The van der Waals surface area contributed by atoms with Gasteiger partial charge in [0.05, 0.1) is 6.42 Å². The second kappa shape index (κ2) is 4.11. The van der Waals surface area contributed by atoms with E-state index in [1.165, 1.54) is 0 Å². The second-order valence-corrected chi connectivity index (χ2v) is 4.59. The van der Waals surface area contributed by atoms with Crippen LogP contribution in [-0.2, 0) is 23.9 Å². The van der Waals surface area contributed by atoms with E-state index in [0.29, 0.717) is 0 Å². The van der Waals surface area contributed by atoms with Crippen LogP contribution in [0.5, 0.6) is 0 Å². The number of cyclic esters (lactones) is 1. The summed E-state index contributed by atoms with van der Waals surface area (Å²) in [6.45, 7) is 4.99. The molecule has 0 saturated carbocycles. The highest BCUT2D eigenvalue weighted by Crippen LogP contribution is 2.25. The van der Waals surface area contributed by atoms with Crippen molar-refractivity contribution in [3.8, 4) is 0 Å². The summed E-state index contributed by atoms with van der Waals surface area (Å²) in [5.41, 5.74) is -0.716. The average molecular weight is 230 g/mol. The number of carboxylic acid groups (broad SMARTS) is 1. The Bertz CT molecular complexity index is 327. The summed E-state index contributed by atoms with van der Waals surface area (Å²) in [5.74, 6) is -3.79. The third kappa shape index (κ3) is 2.95. The Morgan fingerprint density at radius 2 is 2.00 bits per heavy atom. The molecule has 0 aliphatic carbocycles. The van der Waals surface area contributed by atoms with Crippen LogP contribution in [0.4, 0.5) is 0 Å². The molecule has 2 atom stereocenters. The van der Waals surface area contributed by atoms with E-state index in [-0.39, 0.29) is 6.42 Å². The van der Waals surface area contributed by atoms with Gasteiger partial charge in [0.25, 0.3) is 0 Å². The molecule has 0 spiro atoms. The van der Waals surface area contributed by atoms with Crippen LogP contribution in [0, 0.1) is 5.92 Å². The highest BCUT2D eigenvalue weighted by atomic mass is 16.6. The number of hydrogen-bond acceptors (Lipinski definition) is 5. The predicted molar refractivity (Wildman–Crippen MR) is 51.5 cm³/mol. The predicted octanol–water partition coefficient (Wildman–Crippen LogP) is 0.344. The van der Waals surface area contributed by atoms with Crippen molar-refractivity contribution in [2.24, 2.45) is 5.92 Å². The molecule has 1 saturated heterocycles. The van der Waals surface area contributed by atoms with E-state index in [1.807, 2.05) is 0 Å². The molecule has 6 nitrogen and oxygen atoms in total. The molecule has 16 heavy (non-hydrogen) atoms. The summed E-state index contributed by atoms with van der Waals surface area (Å²) < 4.78 is 9.55. The highest BCUT2D eigenvalue weighted by molar-refractivity contribution is 5.91. The van der Waals surface area contributed by atoms with Gasteiger partial charge in [-0.25, -0.2) is 4.79 Å². The van der Waals surface area contributed by atoms with Crippen molar-refractivity contribution < 1.29 is 29.0 Å². The molecule has 90 valence electrons. The Hall–Kier alpha value is -1.59. The summed E-state index contributed by atoms with van der Waals surface area (Å²) in [7, 11) is 0. The molecule has 1 N–H and O–H groups in total. The molecule has 1 aliphatic heterocycles. The van der Waals surface area contributed by atoms with Crippen LogP contribution in [0.3, 0.4) is 0 Å². The summed E-state index contributed by atoms with van der Waals surface area (Å²) in [6.07, 6.45) is -1.67. The smallest absolute Gasteiger partial charge is 0.345 e. The van der Waals surface area contributed by atoms with Gasteiger partial charge in [0, 0.05) is 0 Å². The lowest BCUT2D eigenvalue weighted by atomic mass is 10.0. The fourth-order valence-corrected chi connectivity index (χ4v) is 1.37. The fraction of sp³-hybridized carbons (Fsp3) is 0.700. The van der Waals surface area contributed by atoms with Crippen LogP contribution < -0.4 is 0 Å². The lowest BCUT2D eigenvalue weighted by molar-refractivity contribution is -0.168. The zero-order valence-corrected chi connectivity index (χ0v) is 9.35. The number of rotatable bonds is 2. The average Bonchev–Trinajstić information content (AvgIpc) is 2.44. The first-order valence-corrected chi connectivity index (χ1v) is 4.86. The second-order valence-electron chi connectivity index (χ2n) is 4.59. The molecule has 0 aromatic carbocycles. The van der Waals surface area contributed by atoms with Crippen LogP contribution >= 0.6 is 0 Å². The Morgan fingerprint density at radius 3 is 2.44 bits per heavy atom. The molecule has 0 radical (unpaired) electrons. The fourth-order valence-electron chi connectivity index (χ4n) is 1.37. The van der Waals surface area contributed by atoms with Crippen molar-refractivity contribution in [1.82, 2.24) is 0 Å². The summed E-state index contributed by atoms with van der Waals surface area (Å²) in [5, 5.41) is 8.76. The van der Waals surface area contributed by atoms with Gasteiger partial charge in [0.15, 0.2) is 0 Å². The zero-order valence-electron chi connectivity index (χ0n) is 9.35. The third-order valence-electron chi connectivity index (χ3n) is 1.96. The highest BCUT2D eigenvalue weighted by Gasteiger charge is 2.46. The molecule has 1 aliphatic rings. The standard InChI is InChI=1S/C10H14O6/c1-10(2,3)16-9(14)5-4-6(11)15-7(5)8(12)13/h5,7H,4H2,1-3H3,(H,12,13)/t5-,7-/m1/s1. The van der Waals surface area contributed by atoms with Gasteiger partial charge < -0.3 is 14.6 Å². The first kappa shape index (κ1) is 12.5. The normalized spacial score (nSPS) is 25.1. The molecule has 6 heteroatoms. The van der Waals surface area contributed by atoms with Crippen LogP contribution in [0.1, 0.15) is 27.2 Å². The van der Waals surface area contributed by atoms with Crippen LogP contribution in [0.2, 0.25) is 0 Å². The molecule has 0 aromatic heterocycles. The lowest BCUT2D eigenvalue weighted by Crippen LogP contribution is -2.36. The molecule has 0 aromatic rings. The van der Waals surface area contributed by atoms with Gasteiger partial charge in [0.1, 0.15) is 11.5 Å². The van der Waals surface area contributed by atoms with Gasteiger partial charge in [-0.15, -0.1) is 0 Å². The molecule has 0 unspecified atom stereocenters. The Kier molecular flexibility index (Phi) is 3.21. The van der Waals surface area contributed by atoms with E-state index in [4.69, 9.17) is 9.84 Å². The van der Waals surface area contributed by atoms with Crippen molar-refractivity contribution in [1.29, 1.82) is 0 Å². The lowest BCUT2D eigenvalue weighted by Gasteiger charge is -2.22. The number of hydrogen-bond donors (Lipinski definition) is 1. The van der Waals surface area contributed by atoms with Crippen molar-refractivity contribution in [3.63, 3.8) is 0 Å². The Labute approximate surface area is 92.5 Å². The van der Waals surface area contributed by atoms with Crippen LogP contribution in [-0.4, -0.2) is 34.7 Å². The van der Waals surface area contributed by atoms with Gasteiger partial charge in [-0.3, -0.25) is 9.59 Å². The van der Waals surface area contributed by atoms with Gasteiger partial charge in [-0.05, 0) is 20.8 Å². The van der Waals surface area contributed by atoms with E-state index in [1.54, 1.807) is 20.8 Å². The molecule has 1 rings (SSSR count). The van der Waals surface area contributed by atoms with E-state index in [2.05, 4.69) is 4.74 Å². The van der Waals surface area contributed by atoms with Crippen molar-refractivity contribution in [2.45, 2.75) is 38.9 Å². The minimum atomic E-state index is -1.43. The molecule has 0 bridgehead atoms. The number of carbonyl (C=O) groups is 3. The van der Waals surface area contributed by atoms with Gasteiger partial charge in [-0.1, -0.05) is 0 Å². The van der Waals surface area contributed by atoms with Crippen LogP contribution in [0.25, 0.3) is 0 Å². The number of carboxylic acids is 1. The maximum absolute atomic E-state index is 11.6. The minimum absolute atomic E-state index is 0.244. The van der Waals surface area contributed by atoms with Gasteiger partial charge in [0.2, 0.25) is 6.10 Å². The number of carbonyl (C=O) groups excluding carboxylic acids is 2. The van der Waals surface area contributed by atoms with E-state index in [9.17, 15) is 14.4 Å². The van der Waals surface area contributed by atoms with E-state index >= 15 is 0 Å². The monoisotopic (exact) mass is 230 g/mol. The number of ether oxygens (including phenoxy) is 2. The van der Waals surface area contributed by atoms with E-state index < -0.39 is 35.5 Å². The first-order chi connectivity index (χ1) is 7.20. The summed E-state index contributed by atoms with van der Waals surface area (Å²) in [4.78, 5) is 33.3. The first-order valence-electron chi connectivity index (χ1n) is 4.86. The third-order valence-corrected chi connectivity index (χ3v) is 1.96. The molecular weight excluding hydrogens is 216 g/mol. The Morgan fingerprint density at radius 1 is 1.44 bits per heavy atom. The SMILES string of the molecule is CC(C)(C)OC(=O)[C@@H]1CC(=O)O[C@H]1C(=O)O. The topological polar surface area (TPSA) is 89.9 Å². The van der Waals surface area contributed by atoms with Crippen molar-refractivity contribution in [3.05, 3.63) is 0 Å². The number of aliphatic carboxylic acids is 1. The van der Waals surface area contributed by atoms with Crippen LogP contribution in [0.15, 0.2) is 0 Å². The maximum Gasteiger partial charge on any atom is 0.345 e. The van der Waals surface area contributed by atoms with Gasteiger partial charge >= 0.3 is 17.9 Å². The number of esters is 2. The van der Waals surface area contributed by atoms with Crippen molar-refractivity contribution in [2.75, 3.05) is 0 Å². The Balaban J connectivity index is 2.75. The summed E-state index contributed by atoms with van der Waals surface area (Å²) in [6, 6.07) is 0. The largest absolute Gasteiger partial charge is 0.478 e. The maximum atomic E-state index is 11.6. The van der Waals surface area contributed by atoms with E-state index in [0.717, 1.165) is 0 Å². The van der Waals surface area contributed by atoms with Crippen molar-refractivity contribution >= 4 is 17.9 Å². The summed E-state index contributed by atoms with van der Waals surface area (Å²) >= 11 is 0. The zero-order chi connectivity index (χ0) is 12.5. The quantitative estimate of drug-likeness (QED) is 0.688. The molecule has 1 heterocycles.